The molecule has 1 atom stereocenters. The molecule has 1 unspecified atom stereocenters. The van der Waals surface area contributed by atoms with E-state index in [2.05, 4.69) is 10.6 Å². The number of amides is 2. The van der Waals surface area contributed by atoms with Crippen molar-refractivity contribution in [1.29, 1.82) is 0 Å². The van der Waals surface area contributed by atoms with E-state index in [1.54, 1.807) is 14.0 Å². The number of carbonyl (C=O) groups excluding carboxylic acids is 2. The van der Waals surface area contributed by atoms with Gasteiger partial charge in [-0.3, -0.25) is 14.4 Å². The second-order valence-electron chi connectivity index (χ2n) is 5.40. The molecule has 0 aliphatic heterocycles. The fourth-order valence-electron chi connectivity index (χ4n) is 2.43. The van der Waals surface area contributed by atoms with Gasteiger partial charge in [0.05, 0.1) is 12.5 Å². The molecule has 2 amide bonds. The minimum atomic E-state index is -0.792. The number of carboxylic acid groups (broad SMARTS) is 1. The van der Waals surface area contributed by atoms with E-state index < -0.39 is 12.0 Å². The van der Waals surface area contributed by atoms with Gasteiger partial charge in [-0.25, -0.2) is 0 Å². The van der Waals surface area contributed by atoms with Crippen LogP contribution in [-0.4, -0.2) is 49.2 Å². The van der Waals surface area contributed by atoms with Crippen molar-refractivity contribution in [2.75, 3.05) is 20.3 Å². The number of carboxylic acids is 1. The Morgan fingerprint density at radius 3 is 2.29 bits per heavy atom. The lowest BCUT2D eigenvalue weighted by Crippen LogP contribution is -2.47. The van der Waals surface area contributed by atoms with Gasteiger partial charge < -0.3 is 20.5 Å². The molecule has 0 bridgehead atoms. The number of rotatable bonds is 7. The van der Waals surface area contributed by atoms with Crippen LogP contribution in [0.1, 0.15) is 32.6 Å². The molecule has 0 aromatic rings. The van der Waals surface area contributed by atoms with Crippen molar-refractivity contribution in [3.8, 4) is 0 Å². The van der Waals surface area contributed by atoms with E-state index >= 15 is 0 Å². The smallest absolute Gasteiger partial charge is 0.306 e. The van der Waals surface area contributed by atoms with E-state index in [1.165, 1.54) is 0 Å². The third-order valence-corrected chi connectivity index (χ3v) is 3.80. The highest BCUT2D eigenvalue weighted by Crippen LogP contribution is 2.29. The van der Waals surface area contributed by atoms with Gasteiger partial charge in [-0.2, -0.15) is 0 Å². The molecule has 7 heteroatoms. The molecule has 0 saturated heterocycles. The predicted molar refractivity (Wildman–Crippen MR) is 75.6 cm³/mol. The molecule has 120 valence electrons. The SMILES string of the molecule is COCCNC(=O)C(C)NC(=O)C1CCC(C(=O)O)CC1. The monoisotopic (exact) mass is 300 g/mol. The highest BCUT2D eigenvalue weighted by Gasteiger charge is 2.30. The predicted octanol–water partition coefficient (Wildman–Crippen LogP) is 0.145. The maximum atomic E-state index is 12.1. The van der Waals surface area contributed by atoms with E-state index in [0.29, 0.717) is 38.8 Å². The number of hydrogen-bond acceptors (Lipinski definition) is 4. The molecule has 21 heavy (non-hydrogen) atoms. The van der Waals surface area contributed by atoms with Crippen molar-refractivity contribution in [1.82, 2.24) is 10.6 Å². The van der Waals surface area contributed by atoms with Gasteiger partial charge in [-0.05, 0) is 32.6 Å². The van der Waals surface area contributed by atoms with Crippen LogP contribution in [0.3, 0.4) is 0 Å². The fourth-order valence-corrected chi connectivity index (χ4v) is 2.43. The standard InChI is InChI=1S/C14H24N2O5/c1-9(12(17)15-7-8-21-2)16-13(18)10-3-5-11(6-4-10)14(19)20/h9-11H,3-8H2,1-2H3,(H,15,17)(H,16,18)(H,19,20). The minimum Gasteiger partial charge on any atom is -0.481 e. The van der Waals surface area contributed by atoms with E-state index in [-0.39, 0.29) is 23.7 Å². The number of ether oxygens (including phenoxy) is 1. The maximum Gasteiger partial charge on any atom is 0.306 e. The lowest BCUT2D eigenvalue weighted by Gasteiger charge is -2.26. The Balaban J connectivity index is 2.33. The van der Waals surface area contributed by atoms with Gasteiger partial charge in [0.2, 0.25) is 11.8 Å². The second-order valence-corrected chi connectivity index (χ2v) is 5.40. The van der Waals surface area contributed by atoms with Crippen LogP contribution in [0.25, 0.3) is 0 Å². The lowest BCUT2D eigenvalue weighted by atomic mass is 9.81. The van der Waals surface area contributed by atoms with Crippen LogP contribution >= 0.6 is 0 Å². The molecule has 0 heterocycles. The molecule has 1 aliphatic carbocycles. The Kier molecular flexibility index (Phi) is 7.14. The Morgan fingerprint density at radius 1 is 1.19 bits per heavy atom. The van der Waals surface area contributed by atoms with Gasteiger partial charge >= 0.3 is 5.97 Å². The van der Waals surface area contributed by atoms with Crippen molar-refractivity contribution >= 4 is 17.8 Å². The molecule has 0 radical (unpaired) electrons. The normalized spacial score (nSPS) is 23.1. The molecule has 0 aromatic carbocycles. The summed E-state index contributed by atoms with van der Waals surface area (Å²) in [6.07, 6.45) is 2.14. The van der Waals surface area contributed by atoms with Gasteiger partial charge in [0.1, 0.15) is 6.04 Å². The molecule has 1 saturated carbocycles. The molecule has 7 nitrogen and oxygen atoms in total. The number of nitrogens with one attached hydrogen (secondary N) is 2. The number of carbonyl (C=O) groups is 3. The maximum absolute atomic E-state index is 12.1. The van der Waals surface area contributed by atoms with Crippen LogP contribution < -0.4 is 10.6 Å². The van der Waals surface area contributed by atoms with Crippen LogP contribution in [0, 0.1) is 11.8 Å². The summed E-state index contributed by atoms with van der Waals surface area (Å²) in [5, 5.41) is 14.3. The molecule has 1 fully saturated rings. The van der Waals surface area contributed by atoms with Crippen LogP contribution in [0.15, 0.2) is 0 Å². The summed E-state index contributed by atoms with van der Waals surface area (Å²) in [7, 11) is 1.55. The zero-order chi connectivity index (χ0) is 15.8. The van der Waals surface area contributed by atoms with Gasteiger partial charge in [0, 0.05) is 19.6 Å². The summed E-state index contributed by atoms with van der Waals surface area (Å²) in [4.78, 5) is 34.6. The second kappa shape index (κ2) is 8.61. The van der Waals surface area contributed by atoms with Crippen molar-refractivity contribution < 1.29 is 24.2 Å². The molecule has 0 spiro atoms. The minimum absolute atomic E-state index is 0.173. The summed E-state index contributed by atoms with van der Waals surface area (Å²) < 4.78 is 4.83. The van der Waals surface area contributed by atoms with E-state index in [4.69, 9.17) is 9.84 Å². The number of hydrogen-bond donors (Lipinski definition) is 3. The highest BCUT2D eigenvalue weighted by atomic mass is 16.5. The zero-order valence-corrected chi connectivity index (χ0v) is 12.6. The largest absolute Gasteiger partial charge is 0.481 e. The summed E-state index contributed by atoms with van der Waals surface area (Å²) in [5.41, 5.74) is 0. The molecule has 3 N–H and O–H groups in total. The van der Waals surface area contributed by atoms with E-state index in [9.17, 15) is 14.4 Å². The first kappa shape index (κ1) is 17.4. The van der Waals surface area contributed by atoms with E-state index in [1.807, 2.05) is 0 Å². The van der Waals surface area contributed by atoms with Crippen LogP contribution in [0.2, 0.25) is 0 Å². The average molecular weight is 300 g/mol. The van der Waals surface area contributed by atoms with Crippen LogP contribution in [0.4, 0.5) is 0 Å². The van der Waals surface area contributed by atoms with Crippen molar-refractivity contribution in [3.05, 3.63) is 0 Å². The summed E-state index contributed by atoms with van der Waals surface area (Å²) in [6, 6.07) is -0.605. The molecule has 1 aliphatic rings. The molecule has 0 aromatic heterocycles. The Bertz CT molecular complexity index is 378. The summed E-state index contributed by atoms with van der Waals surface area (Å²) in [6.45, 7) is 2.45. The lowest BCUT2D eigenvalue weighted by molar-refractivity contribution is -0.144. The van der Waals surface area contributed by atoms with Gasteiger partial charge in [-0.1, -0.05) is 0 Å². The van der Waals surface area contributed by atoms with Gasteiger partial charge in [0.15, 0.2) is 0 Å². The first-order valence-corrected chi connectivity index (χ1v) is 7.25. The first-order chi connectivity index (χ1) is 9.95. The first-order valence-electron chi connectivity index (χ1n) is 7.25. The fraction of sp³-hybridized carbons (Fsp3) is 0.786. The van der Waals surface area contributed by atoms with Crippen LogP contribution in [-0.2, 0) is 19.1 Å². The zero-order valence-electron chi connectivity index (χ0n) is 12.6. The Hall–Kier alpha value is -1.63. The number of methoxy groups -OCH3 is 1. The number of aliphatic carboxylic acids is 1. The molecule has 1 rings (SSSR count). The summed E-state index contributed by atoms with van der Waals surface area (Å²) in [5.74, 6) is -1.76. The average Bonchev–Trinajstić information content (AvgIpc) is 2.47. The molecular formula is C14H24N2O5. The van der Waals surface area contributed by atoms with Crippen molar-refractivity contribution in [2.24, 2.45) is 11.8 Å². The summed E-state index contributed by atoms with van der Waals surface area (Å²) >= 11 is 0. The topological polar surface area (TPSA) is 105 Å². The quantitative estimate of drug-likeness (QED) is 0.580. The van der Waals surface area contributed by atoms with Crippen LogP contribution in [0.5, 0.6) is 0 Å². The van der Waals surface area contributed by atoms with Gasteiger partial charge in [0.25, 0.3) is 0 Å². The molecular weight excluding hydrogens is 276 g/mol. The Morgan fingerprint density at radius 2 is 1.76 bits per heavy atom. The third kappa shape index (κ3) is 5.71. The van der Waals surface area contributed by atoms with Crippen molar-refractivity contribution in [2.45, 2.75) is 38.6 Å². The van der Waals surface area contributed by atoms with Gasteiger partial charge in [-0.15, -0.1) is 0 Å². The van der Waals surface area contributed by atoms with Crippen molar-refractivity contribution in [3.63, 3.8) is 0 Å². The Labute approximate surface area is 124 Å². The highest BCUT2D eigenvalue weighted by molar-refractivity contribution is 5.88. The third-order valence-electron chi connectivity index (χ3n) is 3.80. The van der Waals surface area contributed by atoms with E-state index in [0.717, 1.165) is 0 Å².